The average molecular weight is 357 g/mol. The molecule has 1 amide bonds. The Morgan fingerprint density at radius 1 is 0.846 bits per heavy atom. The molecule has 2 heterocycles. The molecule has 1 fully saturated rings. The van der Waals surface area contributed by atoms with Crippen LogP contribution in [0.25, 0.3) is 0 Å². The van der Waals surface area contributed by atoms with Gasteiger partial charge < -0.3 is 4.90 Å². The van der Waals surface area contributed by atoms with Crippen molar-refractivity contribution in [3.8, 4) is 0 Å². The van der Waals surface area contributed by atoms with Crippen LogP contribution in [0.5, 0.6) is 0 Å². The van der Waals surface area contributed by atoms with Crippen molar-refractivity contribution >= 4 is 23.1 Å². The van der Waals surface area contributed by atoms with Gasteiger partial charge in [0.15, 0.2) is 0 Å². The van der Waals surface area contributed by atoms with Crippen molar-refractivity contribution in [2.45, 2.75) is 0 Å². The molecule has 0 aromatic heterocycles. The molecule has 0 bridgehead atoms. The van der Waals surface area contributed by atoms with Gasteiger partial charge in [0.25, 0.3) is 5.78 Å². The second-order valence-electron chi connectivity index (χ2n) is 6.45. The molecule has 0 spiro atoms. The molecule has 0 radical (unpaired) electrons. The lowest BCUT2D eigenvalue weighted by Gasteiger charge is -2.37. The Labute approximate surface area is 149 Å². The molecule has 7 heteroatoms. The summed E-state index contributed by atoms with van der Waals surface area (Å²) in [5.41, 5.74) is 1.54. The van der Waals surface area contributed by atoms with Crippen LogP contribution in [-0.4, -0.2) is 49.4 Å². The van der Waals surface area contributed by atoms with Crippen molar-refractivity contribution in [2.75, 3.05) is 42.6 Å². The highest BCUT2D eigenvalue weighted by atomic mass is 19.1. The lowest BCUT2D eigenvalue weighted by atomic mass is 10.1. The molecule has 0 aliphatic carbocycles. The number of nitrogens with zero attached hydrogens (tertiary/aromatic N) is 3. The number of anilines is 2. The molecule has 134 valence electrons. The van der Waals surface area contributed by atoms with Crippen LogP contribution >= 0.6 is 0 Å². The molecular formula is C19H17F2N3O2. The van der Waals surface area contributed by atoms with E-state index in [1.165, 1.54) is 35.2 Å². The monoisotopic (exact) mass is 357 g/mol. The number of halogens is 2. The van der Waals surface area contributed by atoms with Gasteiger partial charge in [-0.05, 0) is 42.5 Å². The minimum atomic E-state index is -0.619. The highest BCUT2D eigenvalue weighted by Crippen LogP contribution is 2.30. The van der Waals surface area contributed by atoms with Gasteiger partial charge in [0, 0.05) is 31.9 Å². The number of hydrogen-bond acceptors (Lipinski definition) is 4. The van der Waals surface area contributed by atoms with E-state index in [1.807, 2.05) is 4.90 Å². The minimum absolute atomic E-state index is 0.248. The largest absolute Gasteiger partial charge is 0.369 e. The fraction of sp³-hybridized carbons (Fsp3) is 0.263. The van der Waals surface area contributed by atoms with Gasteiger partial charge in [-0.1, -0.05) is 0 Å². The van der Waals surface area contributed by atoms with Gasteiger partial charge in [-0.15, -0.1) is 0 Å². The number of hydrogen-bond donors (Lipinski definition) is 0. The highest BCUT2D eigenvalue weighted by molar-refractivity contribution is 6.52. The second-order valence-corrected chi connectivity index (χ2v) is 6.45. The fourth-order valence-corrected chi connectivity index (χ4v) is 3.41. The third-order valence-electron chi connectivity index (χ3n) is 4.84. The van der Waals surface area contributed by atoms with Crippen molar-refractivity contribution in [1.29, 1.82) is 0 Å². The van der Waals surface area contributed by atoms with Crippen molar-refractivity contribution in [1.82, 2.24) is 4.90 Å². The first-order valence-electron chi connectivity index (χ1n) is 8.41. The van der Waals surface area contributed by atoms with E-state index in [2.05, 4.69) is 4.90 Å². The first-order chi connectivity index (χ1) is 12.5. The number of carbonyl (C=O) groups excluding carboxylic acids is 2. The number of Topliss-reactive ketones (excluding diaryl/α,β-unsaturated/α-hetero) is 1. The van der Waals surface area contributed by atoms with Crippen LogP contribution in [0.1, 0.15) is 10.4 Å². The van der Waals surface area contributed by atoms with E-state index in [0.29, 0.717) is 18.8 Å². The number of rotatable bonds is 3. The predicted octanol–water partition coefficient (Wildman–Crippen LogP) is 2.27. The van der Waals surface area contributed by atoms with Gasteiger partial charge in [-0.25, -0.2) is 8.78 Å². The number of piperazine rings is 1. The highest BCUT2D eigenvalue weighted by Gasteiger charge is 2.37. The molecule has 0 unspecified atom stereocenters. The van der Waals surface area contributed by atoms with Crippen LogP contribution in [0.15, 0.2) is 42.5 Å². The van der Waals surface area contributed by atoms with Gasteiger partial charge in [-0.3, -0.25) is 19.4 Å². The molecule has 0 saturated carbocycles. The van der Waals surface area contributed by atoms with E-state index in [4.69, 9.17) is 0 Å². The molecule has 0 N–H and O–H groups in total. The third kappa shape index (κ3) is 2.94. The maximum Gasteiger partial charge on any atom is 0.300 e. The first-order valence-corrected chi connectivity index (χ1v) is 8.41. The molecule has 2 aromatic rings. The van der Waals surface area contributed by atoms with Crippen LogP contribution in [0.3, 0.4) is 0 Å². The third-order valence-corrected chi connectivity index (χ3v) is 4.84. The van der Waals surface area contributed by atoms with Gasteiger partial charge in [0.1, 0.15) is 11.6 Å². The standard InChI is InChI=1S/C19H17F2N3O2/c20-13-1-4-15(5-2-13)23-9-7-22(8-10-23)12-24-17-11-14(21)3-6-16(17)18(25)19(24)26/h1-6,11H,7-10,12H2. The summed E-state index contributed by atoms with van der Waals surface area (Å²) in [6.45, 7) is 3.05. The van der Waals surface area contributed by atoms with Gasteiger partial charge in [0.05, 0.1) is 17.9 Å². The van der Waals surface area contributed by atoms with Crippen LogP contribution < -0.4 is 9.80 Å². The van der Waals surface area contributed by atoms with Crippen molar-refractivity contribution in [3.63, 3.8) is 0 Å². The lowest BCUT2D eigenvalue weighted by Crippen LogP contribution is -2.51. The van der Waals surface area contributed by atoms with Crippen LogP contribution in [-0.2, 0) is 4.79 Å². The topological polar surface area (TPSA) is 43.9 Å². The number of benzene rings is 2. The molecule has 2 aliphatic rings. The molecule has 0 atom stereocenters. The van der Waals surface area contributed by atoms with Gasteiger partial charge in [0.2, 0.25) is 0 Å². The maximum atomic E-state index is 13.5. The van der Waals surface area contributed by atoms with Gasteiger partial charge in [-0.2, -0.15) is 0 Å². The number of carbonyl (C=O) groups is 2. The first kappa shape index (κ1) is 16.7. The van der Waals surface area contributed by atoms with Gasteiger partial charge >= 0.3 is 5.91 Å². The maximum absolute atomic E-state index is 13.5. The molecule has 5 nitrogen and oxygen atoms in total. The summed E-state index contributed by atoms with van der Waals surface area (Å²) in [4.78, 5) is 29.8. The normalized spacial score (nSPS) is 17.8. The summed E-state index contributed by atoms with van der Waals surface area (Å²) in [7, 11) is 0. The molecule has 4 rings (SSSR count). The predicted molar refractivity (Wildman–Crippen MR) is 93.3 cm³/mol. The molecular weight excluding hydrogens is 340 g/mol. The smallest absolute Gasteiger partial charge is 0.300 e. The van der Waals surface area contributed by atoms with Crippen LogP contribution in [0, 0.1) is 11.6 Å². The number of fused-ring (bicyclic) bond motifs is 1. The Hall–Kier alpha value is -2.80. The summed E-state index contributed by atoms with van der Waals surface area (Å²) in [6, 6.07) is 10.1. The fourth-order valence-electron chi connectivity index (χ4n) is 3.41. The minimum Gasteiger partial charge on any atom is -0.369 e. The molecule has 2 aliphatic heterocycles. The SMILES string of the molecule is O=C1C(=O)N(CN2CCN(c3ccc(F)cc3)CC2)c2cc(F)ccc21. The summed E-state index contributed by atoms with van der Waals surface area (Å²) in [5.74, 6) is -1.95. The molecule has 26 heavy (non-hydrogen) atoms. The summed E-state index contributed by atoms with van der Waals surface area (Å²) in [6.07, 6.45) is 0. The zero-order valence-electron chi connectivity index (χ0n) is 14.0. The Balaban J connectivity index is 1.43. The summed E-state index contributed by atoms with van der Waals surface area (Å²) < 4.78 is 26.6. The lowest BCUT2D eigenvalue weighted by molar-refractivity contribution is -0.114. The Morgan fingerprint density at radius 2 is 1.50 bits per heavy atom. The van der Waals surface area contributed by atoms with Crippen molar-refractivity contribution < 1.29 is 18.4 Å². The van der Waals surface area contributed by atoms with E-state index in [0.717, 1.165) is 18.8 Å². The van der Waals surface area contributed by atoms with Crippen LogP contribution in [0.4, 0.5) is 20.2 Å². The van der Waals surface area contributed by atoms with Crippen molar-refractivity contribution in [2.24, 2.45) is 0 Å². The van der Waals surface area contributed by atoms with E-state index >= 15 is 0 Å². The molecule has 1 saturated heterocycles. The van der Waals surface area contributed by atoms with E-state index in [1.54, 1.807) is 12.1 Å². The Bertz CT molecular complexity index is 862. The summed E-state index contributed by atoms with van der Waals surface area (Å²) >= 11 is 0. The van der Waals surface area contributed by atoms with E-state index in [-0.39, 0.29) is 18.0 Å². The van der Waals surface area contributed by atoms with E-state index in [9.17, 15) is 18.4 Å². The second kappa shape index (κ2) is 6.49. The number of amides is 1. The Morgan fingerprint density at radius 3 is 2.19 bits per heavy atom. The zero-order valence-corrected chi connectivity index (χ0v) is 14.0. The van der Waals surface area contributed by atoms with Crippen molar-refractivity contribution in [3.05, 3.63) is 59.7 Å². The zero-order chi connectivity index (χ0) is 18.3. The molecule has 2 aromatic carbocycles. The quantitative estimate of drug-likeness (QED) is 0.791. The van der Waals surface area contributed by atoms with Crippen LogP contribution in [0.2, 0.25) is 0 Å². The Kier molecular flexibility index (Phi) is 4.16. The van der Waals surface area contributed by atoms with E-state index < -0.39 is 17.5 Å². The number of ketones is 1. The summed E-state index contributed by atoms with van der Waals surface area (Å²) in [5, 5.41) is 0. The average Bonchev–Trinajstić information content (AvgIpc) is 2.87.